The van der Waals surface area contributed by atoms with Gasteiger partial charge in [-0.2, -0.15) is 0 Å². The summed E-state index contributed by atoms with van der Waals surface area (Å²) in [4.78, 5) is 29.1. The number of carbonyl (C=O) groups is 2. The van der Waals surface area contributed by atoms with Crippen LogP contribution in [0.25, 0.3) is 5.76 Å². The minimum absolute atomic E-state index is 0.120. The molecule has 1 saturated heterocycles. The van der Waals surface area contributed by atoms with Crippen LogP contribution < -0.4 is 4.74 Å². The average molecular weight is 476 g/mol. The first-order valence-corrected chi connectivity index (χ1v) is 12.2. The van der Waals surface area contributed by atoms with Crippen LogP contribution in [0.2, 0.25) is 0 Å². The first-order chi connectivity index (χ1) is 16.2. The highest BCUT2D eigenvalue weighted by Gasteiger charge is 2.46. The van der Waals surface area contributed by atoms with Gasteiger partial charge in [-0.1, -0.05) is 49.7 Å². The van der Waals surface area contributed by atoms with Crippen LogP contribution in [-0.2, 0) is 16.1 Å². The molecule has 3 aromatic rings. The van der Waals surface area contributed by atoms with Gasteiger partial charge in [-0.05, 0) is 60.0 Å². The Morgan fingerprint density at radius 2 is 1.88 bits per heavy atom. The molecule has 176 valence electrons. The number of rotatable bonds is 6. The molecule has 0 radical (unpaired) electrons. The van der Waals surface area contributed by atoms with Gasteiger partial charge >= 0.3 is 0 Å². The van der Waals surface area contributed by atoms with Gasteiger partial charge in [0.15, 0.2) is 0 Å². The number of thiophene rings is 1. The second-order valence-electron chi connectivity index (χ2n) is 8.98. The second-order valence-corrected chi connectivity index (χ2v) is 10.0. The van der Waals surface area contributed by atoms with Gasteiger partial charge in [-0.25, -0.2) is 0 Å². The van der Waals surface area contributed by atoms with Crippen LogP contribution in [0, 0.1) is 13.8 Å². The van der Waals surface area contributed by atoms with Gasteiger partial charge in [0.2, 0.25) is 0 Å². The van der Waals surface area contributed by atoms with Crippen LogP contribution >= 0.6 is 11.3 Å². The Morgan fingerprint density at radius 1 is 1.12 bits per heavy atom. The van der Waals surface area contributed by atoms with E-state index in [1.165, 1.54) is 11.3 Å². The Kier molecular flexibility index (Phi) is 6.62. The van der Waals surface area contributed by atoms with Gasteiger partial charge in [-0.3, -0.25) is 9.59 Å². The van der Waals surface area contributed by atoms with Gasteiger partial charge < -0.3 is 14.7 Å². The molecule has 1 fully saturated rings. The van der Waals surface area contributed by atoms with E-state index in [1.54, 1.807) is 12.0 Å². The fraction of sp³-hybridized carbons (Fsp3) is 0.286. The number of nitrogens with zero attached hydrogens (tertiary/aromatic N) is 1. The van der Waals surface area contributed by atoms with Crippen molar-refractivity contribution in [1.82, 2.24) is 4.90 Å². The SMILES string of the molecule is COc1cc(C)c(/C(O)=C2\C(=O)C(=O)N(Cc3cccs3)C2c2cccc(C)c2)cc1C(C)C. The van der Waals surface area contributed by atoms with Crippen molar-refractivity contribution in [3.8, 4) is 5.75 Å². The van der Waals surface area contributed by atoms with Crippen molar-refractivity contribution in [1.29, 1.82) is 0 Å². The molecule has 6 heteroatoms. The molecule has 1 aliphatic heterocycles. The van der Waals surface area contributed by atoms with Gasteiger partial charge in [0.25, 0.3) is 11.7 Å². The molecule has 0 saturated carbocycles. The number of aliphatic hydroxyl groups excluding tert-OH is 1. The van der Waals surface area contributed by atoms with Crippen molar-refractivity contribution in [2.45, 2.75) is 46.2 Å². The zero-order valence-corrected chi connectivity index (χ0v) is 20.9. The number of carbonyl (C=O) groups excluding carboxylic acids is 2. The number of ether oxygens (including phenoxy) is 1. The van der Waals surface area contributed by atoms with E-state index < -0.39 is 17.7 Å². The number of amides is 1. The lowest BCUT2D eigenvalue weighted by Gasteiger charge is -2.25. The molecule has 0 spiro atoms. The molecule has 34 heavy (non-hydrogen) atoms. The molecule has 1 aromatic heterocycles. The molecule has 0 bridgehead atoms. The molecule has 5 nitrogen and oxygen atoms in total. The lowest BCUT2D eigenvalue weighted by Crippen LogP contribution is -2.28. The Bertz CT molecular complexity index is 1270. The van der Waals surface area contributed by atoms with Gasteiger partial charge in [0.05, 0.1) is 25.3 Å². The normalized spacial score (nSPS) is 17.6. The van der Waals surface area contributed by atoms with Gasteiger partial charge in [0.1, 0.15) is 11.5 Å². The topological polar surface area (TPSA) is 66.8 Å². The van der Waals surface area contributed by atoms with E-state index in [0.717, 1.165) is 32.9 Å². The minimum Gasteiger partial charge on any atom is -0.507 e. The lowest BCUT2D eigenvalue weighted by molar-refractivity contribution is -0.140. The molecule has 2 aromatic carbocycles. The number of likely N-dealkylation sites (tertiary alicyclic amines) is 1. The first-order valence-electron chi connectivity index (χ1n) is 11.3. The van der Waals surface area contributed by atoms with Crippen LogP contribution in [0.5, 0.6) is 5.75 Å². The van der Waals surface area contributed by atoms with E-state index in [2.05, 4.69) is 0 Å². The number of methoxy groups -OCH3 is 1. The predicted molar refractivity (Wildman–Crippen MR) is 135 cm³/mol. The van der Waals surface area contributed by atoms with Crippen LogP contribution in [0.4, 0.5) is 0 Å². The fourth-order valence-corrected chi connectivity index (χ4v) is 5.23. The first kappa shape index (κ1) is 23.8. The van der Waals surface area contributed by atoms with E-state index in [9.17, 15) is 14.7 Å². The summed E-state index contributed by atoms with van der Waals surface area (Å²) in [5, 5.41) is 13.5. The molecule has 2 heterocycles. The molecule has 4 rings (SSSR count). The van der Waals surface area contributed by atoms with Gasteiger partial charge in [-0.15, -0.1) is 11.3 Å². The van der Waals surface area contributed by atoms with E-state index >= 15 is 0 Å². The van der Waals surface area contributed by atoms with E-state index in [1.807, 2.05) is 81.6 Å². The molecule has 1 N–H and O–H groups in total. The van der Waals surface area contributed by atoms with Crippen molar-refractivity contribution >= 4 is 28.8 Å². The molecule has 0 aliphatic carbocycles. The molecular weight excluding hydrogens is 446 g/mol. The zero-order chi connectivity index (χ0) is 24.6. The Balaban J connectivity index is 1.93. The number of Topliss-reactive ketones (excluding diaryl/α,β-unsaturated/α-hetero) is 1. The highest BCUT2D eigenvalue weighted by atomic mass is 32.1. The second kappa shape index (κ2) is 9.47. The zero-order valence-electron chi connectivity index (χ0n) is 20.1. The summed E-state index contributed by atoms with van der Waals surface area (Å²) in [7, 11) is 1.62. The maximum Gasteiger partial charge on any atom is 0.295 e. The third-order valence-electron chi connectivity index (χ3n) is 6.26. The fourth-order valence-electron chi connectivity index (χ4n) is 4.53. The van der Waals surface area contributed by atoms with Gasteiger partial charge in [0, 0.05) is 10.4 Å². The molecule has 1 aliphatic rings. The molecule has 1 amide bonds. The maximum absolute atomic E-state index is 13.4. The van der Waals surface area contributed by atoms with Crippen molar-refractivity contribution in [3.63, 3.8) is 0 Å². The van der Waals surface area contributed by atoms with Crippen molar-refractivity contribution in [3.05, 3.63) is 92.2 Å². The van der Waals surface area contributed by atoms with E-state index in [0.29, 0.717) is 12.1 Å². The monoisotopic (exact) mass is 475 g/mol. The quantitative estimate of drug-likeness (QED) is 0.265. The Labute approximate surface area is 204 Å². The van der Waals surface area contributed by atoms with Crippen LogP contribution in [-0.4, -0.2) is 28.8 Å². The smallest absolute Gasteiger partial charge is 0.295 e. The summed E-state index contributed by atoms with van der Waals surface area (Å²) in [5.74, 6) is -0.535. The third kappa shape index (κ3) is 4.26. The number of ketones is 1. The largest absolute Gasteiger partial charge is 0.507 e. The van der Waals surface area contributed by atoms with Crippen molar-refractivity contribution in [2.24, 2.45) is 0 Å². The Morgan fingerprint density at radius 3 is 2.50 bits per heavy atom. The number of aryl methyl sites for hydroxylation is 2. The summed E-state index contributed by atoms with van der Waals surface area (Å²) in [6.07, 6.45) is 0. The van der Waals surface area contributed by atoms with Crippen LogP contribution in [0.1, 0.15) is 58.5 Å². The third-order valence-corrected chi connectivity index (χ3v) is 7.12. The maximum atomic E-state index is 13.4. The summed E-state index contributed by atoms with van der Waals surface area (Å²) < 4.78 is 5.54. The number of benzene rings is 2. The van der Waals surface area contributed by atoms with E-state index in [-0.39, 0.29) is 17.3 Å². The summed E-state index contributed by atoms with van der Waals surface area (Å²) in [5.41, 5.74) is 4.17. The molecule has 1 unspecified atom stereocenters. The van der Waals surface area contributed by atoms with E-state index in [4.69, 9.17) is 4.74 Å². The number of hydrogen-bond donors (Lipinski definition) is 1. The highest BCUT2D eigenvalue weighted by molar-refractivity contribution is 7.09. The summed E-state index contributed by atoms with van der Waals surface area (Å²) >= 11 is 1.53. The molecule has 1 atom stereocenters. The lowest BCUT2D eigenvalue weighted by atomic mass is 9.90. The predicted octanol–water partition coefficient (Wildman–Crippen LogP) is 6.12. The highest BCUT2D eigenvalue weighted by Crippen LogP contribution is 2.42. The van der Waals surface area contributed by atoms with Crippen molar-refractivity contribution < 1.29 is 19.4 Å². The molecular formula is C28H29NO4S. The standard InChI is InChI=1S/C28H29NO4S/c1-16(2)21-14-22(18(4)13-23(21)33-5)26(30)24-25(19-9-6-8-17(3)12-19)29(28(32)27(24)31)15-20-10-7-11-34-20/h6-14,16,25,30H,15H2,1-5H3/b26-24+. The summed E-state index contributed by atoms with van der Waals surface area (Å²) in [6.45, 7) is 8.23. The number of aliphatic hydroxyl groups is 1. The van der Waals surface area contributed by atoms with Crippen LogP contribution in [0.3, 0.4) is 0 Å². The Hall–Kier alpha value is -3.38. The minimum atomic E-state index is -0.675. The number of hydrogen-bond acceptors (Lipinski definition) is 5. The van der Waals surface area contributed by atoms with Crippen LogP contribution in [0.15, 0.2) is 59.5 Å². The summed E-state index contributed by atoms with van der Waals surface area (Å²) in [6, 6.07) is 14.7. The average Bonchev–Trinajstić information content (AvgIpc) is 3.40. The van der Waals surface area contributed by atoms with Crippen molar-refractivity contribution in [2.75, 3.05) is 7.11 Å².